The van der Waals surface area contributed by atoms with Crippen LogP contribution in [0.1, 0.15) is 43.7 Å². The second kappa shape index (κ2) is 7.12. The van der Waals surface area contributed by atoms with Crippen molar-refractivity contribution in [2.45, 2.75) is 32.6 Å². The standard InChI is InChI=1S/C26H26N2O3/c1-26(2)13-20-25(21(29)14-26)24(17-8-7-15(30-3)12-22(17)31-4)23-16-6-5-11-27-18(16)9-10-19(23)28-20/h5-12,24,28H,13-14H2,1-4H3/t24-/m0/s1. The first-order chi connectivity index (χ1) is 14.9. The molecule has 0 radical (unpaired) electrons. The number of carbonyl (C=O) groups is 1. The first-order valence-electron chi connectivity index (χ1n) is 10.5. The average Bonchev–Trinajstić information content (AvgIpc) is 2.76. The molecule has 5 nitrogen and oxygen atoms in total. The zero-order chi connectivity index (χ0) is 21.8. The number of nitrogens with one attached hydrogen (secondary N) is 1. The Labute approximate surface area is 182 Å². The third-order valence-corrected chi connectivity index (χ3v) is 6.36. The maximum atomic E-state index is 13.5. The fourth-order valence-electron chi connectivity index (χ4n) is 5.05. The van der Waals surface area contributed by atoms with E-state index in [9.17, 15) is 4.79 Å². The molecule has 0 unspecified atom stereocenters. The molecule has 5 rings (SSSR count). The Morgan fingerprint density at radius 3 is 2.68 bits per heavy atom. The van der Waals surface area contributed by atoms with Crippen molar-refractivity contribution in [3.05, 3.63) is 71.1 Å². The van der Waals surface area contributed by atoms with E-state index < -0.39 is 0 Å². The van der Waals surface area contributed by atoms with Crippen LogP contribution in [-0.2, 0) is 4.79 Å². The normalized spacial score (nSPS) is 19.5. The number of benzene rings is 2. The van der Waals surface area contributed by atoms with Gasteiger partial charge < -0.3 is 14.8 Å². The van der Waals surface area contributed by atoms with E-state index in [4.69, 9.17) is 9.47 Å². The van der Waals surface area contributed by atoms with Crippen LogP contribution in [0.15, 0.2) is 59.9 Å². The number of allylic oxidation sites excluding steroid dienone is 2. The van der Waals surface area contributed by atoms with Gasteiger partial charge in [-0.1, -0.05) is 26.0 Å². The molecule has 2 aliphatic rings. The highest BCUT2D eigenvalue weighted by Gasteiger charge is 2.42. The van der Waals surface area contributed by atoms with Gasteiger partial charge in [-0.15, -0.1) is 0 Å². The van der Waals surface area contributed by atoms with Crippen LogP contribution in [0.2, 0.25) is 0 Å². The van der Waals surface area contributed by atoms with E-state index in [0.29, 0.717) is 12.2 Å². The van der Waals surface area contributed by atoms with Crippen molar-refractivity contribution in [2.75, 3.05) is 19.5 Å². The molecular weight excluding hydrogens is 388 g/mol. The highest BCUT2D eigenvalue weighted by atomic mass is 16.5. The number of ketones is 1. The van der Waals surface area contributed by atoms with Crippen molar-refractivity contribution in [3.8, 4) is 11.5 Å². The number of nitrogens with zero attached hydrogens (tertiary/aromatic N) is 1. The molecule has 158 valence electrons. The summed E-state index contributed by atoms with van der Waals surface area (Å²) in [6, 6.07) is 14.0. The van der Waals surface area contributed by atoms with E-state index in [2.05, 4.69) is 36.3 Å². The van der Waals surface area contributed by atoms with Crippen molar-refractivity contribution in [1.29, 1.82) is 0 Å². The third-order valence-electron chi connectivity index (χ3n) is 6.36. The lowest BCUT2D eigenvalue weighted by Crippen LogP contribution is -2.34. The van der Waals surface area contributed by atoms with E-state index in [1.54, 1.807) is 20.4 Å². The molecule has 1 aliphatic carbocycles. The molecule has 5 heteroatoms. The summed E-state index contributed by atoms with van der Waals surface area (Å²) in [5.74, 6) is 1.39. The van der Waals surface area contributed by atoms with Gasteiger partial charge in [-0.3, -0.25) is 9.78 Å². The number of methoxy groups -OCH3 is 2. The van der Waals surface area contributed by atoms with Gasteiger partial charge in [0.25, 0.3) is 0 Å². The SMILES string of the molecule is COc1ccc([C@@H]2C3=C(CC(C)(C)CC3=O)Nc3ccc4ncccc4c32)c(OC)c1. The number of hydrogen-bond donors (Lipinski definition) is 1. The Kier molecular flexibility index (Phi) is 4.50. The van der Waals surface area contributed by atoms with Crippen molar-refractivity contribution < 1.29 is 14.3 Å². The lowest BCUT2D eigenvalue weighted by Gasteiger charge is -2.40. The minimum atomic E-state index is -0.233. The van der Waals surface area contributed by atoms with Crippen LogP contribution in [0.3, 0.4) is 0 Å². The second-order valence-electron chi connectivity index (χ2n) is 9.10. The number of carbonyl (C=O) groups excluding carboxylic acids is 1. The summed E-state index contributed by atoms with van der Waals surface area (Å²) in [7, 11) is 3.30. The van der Waals surface area contributed by atoms with Crippen LogP contribution in [0.25, 0.3) is 10.9 Å². The number of pyridine rings is 1. The summed E-state index contributed by atoms with van der Waals surface area (Å²) < 4.78 is 11.2. The van der Waals surface area contributed by atoms with E-state index in [0.717, 1.165) is 51.2 Å². The maximum Gasteiger partial charge on any atom is 0.162 e. The Hall–Kier alpha value is -3.34. The van der Waals surface area contributed by atoms with Crippen LogP contribution in [-0.4, -0.2) is 25.0 Å². The van der Waals surface area contributed by atoms with Gasteiger partial charge >= 0.3 is 0 Å². The molecular formula is C26H26N2O3. The number of aromatic nitrogens is 1. The molecule has 0 saturated carbocycles. The van der Waals surface area contributed by atoms with E-state index in [-0.39, 0.29) is 17.1 Å². The monoisotopic (exact) mass is 414 g/mol. The van der Waals surface area contributed by atoms with Gasteiger partial charge in [0.2, 0.25) is 0 Å². The second-order valence-corrected chi connectivity index (χ2v) is 9.10. The van der Waals surface area contributed by atoms with E-state index >= 15 is 0 Å². The smallest absolute Gasteiger partial charge is 0.162 e. The predicted octanol–water partition coefficient (Wildman–Crippen LogP) is 5.45. The number of rotatable bonds is 3. The van der Waals surface area contributed by atoms with Gasteiger partial charge in [-0.2, -0.15) is 0 Å². The molecule has 0 fully saturated rings. The Morgan fingerprint density at radius 1 is 1.06 bits per heavy atom. The molecule has 1 aromatic heterocycles. The van der Waals surface area contributed by atoms with Gasteiger partial charge in [-0.05, 0) is 41.7 Å². The molecule has 31 heavy (non-hydrogen) atoms. The molecule has 2 aromatic carbocycles. The first kappa shape index (κ1) is 19.6. The molecule has 0 spiro atoms. The average molecular weight is 415 g/mol. The Morgan fingerprint density at radius 2 is 1.90 bits per heavy atom. The van der Waals surface area contributed by atoms with Crippen LogP contribution < -0.4 is 14.8 Å². The molecule has 0 amide bonds. The molecule has 1 atom stereocenters. The minimum Gasteiger partial charge on any atom is -0.497 e. The largest absolute Gasteiger partial charge is 0.497 e. The summed E-state index contributed by atoms with van der Waals surface area (Å²) in [4.78, 5) is 18.1. The maximum absolute atomic E-state index is 13.5. The highest BCUT2D eigenvalue weighted by Crippen LogP contribution is 2.52. The quantitative estimate of drug-likeness (QED) is 0.617. The number of Topliss-reactive ketones (excluding diaryl/α,β-unsaturated/α-hetero) is 1. The molecule has 1 aliphatic heterocycles. The topological polar surface area (TPSA) is 60.5 Å². The predicted molar refractivity (Wildman–Crippen MR) is 122 cm³/mol. The number of ether oxygens (including phenoxy) is 2. The van der Waals surface area contributed by atoms with Crippen molar-refractivity contribution >= 4 is 22.4 Å². The van der Waals surface area contributed by atoms with Crippen LogP contribution in [0.4, 0.5) is 5.69 Å². The minimum absolute atomic E-state index is 0.0760. The molecule has 0 saturated heterocycles. The van der Waals surface area contributed by atoms with Gasteiger partial charge in [0.05, 0.1) is 19.7 Å². The van der Waals surface area contributed by atoms with Crippen molar-refractivity contribution in [3.63, 3.8) is 0 Å². The Bertz CT molecular complexity index is 1240. The highest BCUT2D eigenvalue weighted by molar-refractivity contribution is 6.04. The summed E-state index contributed by atoms with van der Waals surface area (Å²) in [5.41, 5.74) is 5.74. The summed E-state index contributed by atoms with van der Waals surface area (Å²) in [6.07, 6.45) is 3.15. The number of fused-ring (bicyclic) bond motifs is 3. The van der Waals surface area contributed by atoms with Crippen molar-refractivity contribution in [1.82, 2.24) is 4.98 Å². The van der Waals surface area contributed by atoms with Crippen LogP contribution in [0, 0.1) is 5.41 Å². The van der Waals surface area contributed by atoms with Crippen molar-refractivity contribution in [2.24, 2.45) is 5.41 Å². The van der Waals surface area contributed by atoms with Gasteiger partial charge in [0.1, 0.15) is 11.5 Å². The molecule has 0 bridgehead atoms. The Balaban J connectivity index is 1.83. The van der Waals surface area contributed by atoms with Gasteiger partial charge in [0.15, 0.2) is 5.78 Å². The summed E-state index contributed by atoms with van der Waals surface area (Å²) in [6.45, 7) is 4.30. The fourth-order valence-corrected chi connectivity index (χ4v) is 5.05. The van der Waals surface area contributed by atoms with Crippen LogP contribution >= 0.6 is 0 Å². The first-order valence-corrected chi connectivity index (χ1v) is 10.5. The van der Waals surface area contributed by atoms with Crippen LogP contribution in [0.5, 0.6) is 11.5 Å². The zero-order valence-corrected chi connectivity index (χ0v) is 18.3. The third kappa shape index (κ3) is 3.16. The number of hydrogen-bond acceptors (Lipinski definition) is 5. The lowest BCUT2D eigenvalue weighted by atomic mass is 9.68. The van der Waals surface area contributed by atoms with E-state index in [1.807, 2.05) is 30.3 Å². The zero-order valence-electron chi connectivity index (χ0n) is 18.3. The van der Waals surface area contributed by atoms with E-state index in [1.165, 1.54) is 0 Å². The molecule has 1 N–H and O–H groups in total. The van der Waals surface area contributed by atoms with Gasteiger partial charge in [-0.25, -0.2) is 0 Å². The van der Waals surface area contributed by atoms with Gasteiger partial charge in [0, 0.05) is 52.5 Å². The molecule has 2 heterocycles. The summed E-state index contributed by atoms with van der Waals surface area (Å²) >= 11 is 0. The fraction of sp³-hybridized carbons (Fsp3) is 0.308. The summed E-state index contributed by atoms with van der Waals surface area (Å²) in [5, 5.41) is 4.64. The molecule has 3 aromatic rings. The number of anilines is 1. The lowest BCUT2D eigenvalue weighted by molar-refractivity contribution is -0.118.